The Balaban J connectivity index is 1.80. The van der Waals surface area contributed by atoms with E-state index in [0.29, 0.717) is 13.2 Å². The zero-order valence-corrected chi connectivity index (χ0v) is 22.8. The molecule has 2 aromatic carbocycles. The van der Waals surface area contributed by atoms with E-state index < -0.39 is 35.2 Å². The second-order valence-corrected chi connectivity index (χ2v) is 11.4. The van der Waals surface area contributed by atoms with E-state index in [1.165, 1.54) is 0 Å². The second-order valence-electron chi connectivity index (χ2n) is 11.4. The van der Waals surface area contributed by atoms with Gasteiger partial charge in [0.05, 0.1) is 24.0 Å². The average molecular weight is 513 g/mol. The van der Waals surface area contributed by atoms with Crippen molar-refractivity contribution in [1.82, 2.24) is 0 Å². The molecule has 1 aliphatic heterocycles. The van der Waals surface area contributed by atoms with Gasteiger partial charge in [-0.15, -0.1) is 0 Å². The Morgan fingerprint density at radius 1 is 0.649 bits per heavy atom. The van der Waals surface area contributed by atoms with Crippen molar-refractivity contribution in [2.45, 2.75) is 79.2 Å². The molecule has 0 aliphatic carbocycles. The number of ether oxygens (including phenoxy) is 5. The molecular weight excluding hydrogens is 472 g/mol. The third kappa shape index (κ3) is 8.66. The largest absolute Gasteiger partial charge is 0.462 e. The molecule has 0 saturated carbocycles. The molecule has 2 aromatic rings. The van der Waals surface area contributed by atoms with E-state index in [-0.39, 0.29) is 25.2 Å². The first-order valence-electron chi connectivity index (χ1n) is 12.8. The van der Waals surface area contributed by atoms with E-state index in [1.807, 2.05) is 60.7 Å². The lowest BCUT2D eigenvalue weighted by atomic mass is 9.97. The second kappa shape index (κ2) is 12.7. The van der Waals surface area contributed by atoms with Gasteiger partial charge in [-0.1, -0.05) is 60.7 Å². The predicted octanol–water partition coefficient (Wildman–Crippen LogP) is 5.10. The van der Waals surface area contributed by atoms with Gasteiger partial charge in [0.25, 0.3) is 0 Å². The van der Waals surface area contributed by atoms with Gasteiger partial charge in [0.15, 0.2) is 0 Å². The van der Waals surface area contributed by atoms with Gasteiger partial charge in [0.2, 0.25) is 0 Å². The maximum absolute atomic E-state index is 12.5. The van der Waals surface area contributed by atoms with E-state index in [9.17, 15) is 9.59 Å². The van der Waals surface area contributed by atoms with Crippen LogP contribution in [-0.2, 0) is 46.5 Å². The molecule has 37 heavy (non-hydrogen) atoms. The van der Waals surface area contributed by atoms with Crippen LogP contribution in [0.5, 0.6) is 0 Å². The first-order chi connectivity index (χ1) is 17.4. The number of carbonyl (C=O) groups is 2. The molecule has 7 heteroatoms. The fourth-order valence-corrected chi connectivity index (χ4v) is 3.76. The van der Waals surface area contributed by atoms with Crippen molar-refractivity contribution in [1.29, 1.82) is 0 Å². The highest BCUT2D eigenvalue weighted by Crippen LogP contribution is 2.30. The standard InChI is InChI=1S/C30H40O7/c1-29(2,3)27(31)35-19-23-25(33-17-21-13-9-7-10-14-21)26(34-18-22-15-11-8-12-16-22)24(37-23)20-36-28(32)30(4,5)6/h7-16,23-26H,17-20H2,1-6H3/t23-,24-,25-,26-/m1/s1. The average Bonchev–Trinajstić information content (AvgIpc) is 3.19. The molecule has 0 spiro atoms. The molecule has 1 saturated heterocycles. The molecule has 4 atom stereocenters. The topological polar surface area (TPSA) is 80.3 Å². The molecule has 0 bridgehead atoms. The van der Waals surface area contributed by atoms with Crippen molar-refractivity contribution >= 4 is 11.9 Å². The van der Waals surface area contributed by atoms with Gasteiger partial charge < -0.3 is 23.7 Å². The van der Waals surface area contributed by atoms with Crippen molar-refractivity contribution < 1.29 is 33.3 Å². The third-order valence-electron chi connectivity index (χ3n) is 5.96. The normalized spacial score (nSPS) is 22.0. The molecule has 1 aliphatic rings. The summed E-state index contributed by atoms with van der Waals surface area (Å²) in [5.41, 5.74) is 0.697. The maximum Gasteiger partial charge on any atom is 0.311 e. The minimum atomic E-state index is -0.649. The summed E-state index contributed by atoms with van der Waals surface area (Å²) in [6, 6.07) is 19.6. The zero-order valence-electron chi connectivity index (χ0n) is 22.8. The van der Waals surface area contributed by atoms with Crippen LogP contribution >= 0.6 is 0 Å². The minimum absolute atomic E-state index is 0.00444. The summed E-state index contributed by atoms with van der Waals surface area (Å²) < 4.78 is 30.2. The number of rotatable bonds is 10. The van der Waals surface area contributed by atoms with Crippen LogP contribution < -0.4 is 0 Å². The number of carbonyl (C=O) groups excluding carboxylic acids is 2. The summed E-state index contributed by atoms with van der Waals surface area (Å²) in [6.07, 6.45) is -2.27. The van der Waals surface area contributed by atoms with Crippen molar-refractivity contribution in [3.05, 3.63) is 71.8 Å². The Kier molecular flexibility index (Phi) is 9.87. The van der Waals surface area contributed by atoms with Crippen molar-refractivity contribution in [2.75, 3.05) is 13.2 Å². The summed E-state index contributed by atoms with van der Waals surface area (Å²) >= 11 is 0. The molecular formula is C30H40O7. The van der Waals surface area contributed by atoms with Gasteiger partial charge >= 0.3 is 11.9 Å². The molecule has 0 N–H and O–H groups in total. The molecule has 0 unspecified atom stereocenters. The van der Waals surface area contributed by atoms with Gasteiger partial charge in [-0.2, -0.15) is 0 Å². The molecule has 3 rings (SSSR count). The highest BCUT2D eigenvalue weighted by Gasteiger charge is 2.48. The van der Waals surface area contributed by atoms with Gasteiger partial charge in [-0.05, 0) is 52.7 Å². The van der Waals surface area contributed by atoms with Crippen molar-refractivity contribution in [3.63, 3.8) is 0 Å². The van der Waals surface area contributed by atoms with Crippen LogP contribution in [0.15, 0.2) is 60.7 Å². The van der Waals surface area contributed by atoms with E-state index >= 15 is 0 Å². The molecule has 7 nitrogen and oxygen atoms in total. The Bertz CT molecular complexity index is 911. The van der Waals surface area contributed by atoms with Crippen LogP contribution in [0.2, 0.25) is 0 Å². The van der Waals surface area contributed by atoms with Crippen LogP contribution in [0.25, 0.3) is 0 Å². The SMILES string of the molecule is CC(C)(C)C(=O)OC[C@H]1O[C@H](COC(=O)C(C)(C)C)[C@@H](OCc2ccccc2)[C@@H]1OCc1ccccc1. The van der Waals surface area contributed by atoms with Crippen LogP contribution in [0, 0.1) is 10.8 Å². The quantitative estimate of drug-likeness (QED) is 0.410. The third-order valence-corrected chi connectivity index (χ3v) is 5.96. The number of hydrogen-bond acceptors (Lipinski definition) is 7. The Morgan fingerprint density at radius 3 is 1.32 bits per heavy atom. The molecule has 0 radical (unpaired) electrons. The molecule has 202 valence electrons. The lowest BCUT2D eigenvalue weighted by molar-refractivity contribution is -0.162. The first kappa shape index (κ1) is 28.8. The van der Waals surface area contributed by atoms with Crippen molar-refractivity contribution in [3.8, 4) is 0 Å². The molecule has 0 amide bonds. The summed E-state index contributed by atoms with van der Waals surface area (Å²) in [5.74, 6) is -0.662. The van der Waals surface area contributed by atoms with E-state index in [1.54, 1.807) is 41.5 Å². The van der Waals surface area contributed by atoms with E-state index in [4.69, 9.17) is 23.7 Å². The van der Waals surface area contributed by atoms with Crippen molar-refractivity contribution in [2.24, 2.45) is 10.8 Å². The summed E-state index contributed by atoms with van der Waals surface area (Å²) in [7, 11) is 0. The molecule has 1 fully saturated rings. The Hall–Kier alpha value is -2.74. The predicted molar refractivity (Wildman–Crippen MR) is 140 cm³/mol. The van der Waals surface area contributed by atoms with E-state index in [0.717, 1.165) is 11.1 Å². The maximum atomic E-state index is 12.5. The van der Waals surface area contributed by atoms with Gasteiger partial charge in [0, 0.05) is 0 Å². The highest BCUT2D eigenvalue weighted by atomic mass is 16.6. The zero-order chi connectivity index (χ0) is 27.1. The number of benzene rings is 2. The highest BCUT2D eigenvalue weighted by molar-refractivity contribution is 5.75. The molecule has 1 heterocycles. The van der Waals surface area contributed by atoms with Gasteiger partial charge in [-0.25, -0.2) is 0 Å². The van der Waals surface area contributed by atoms with Crippen LogP contribution in [-0.4, -0.2) is 49.6 Å². The smallest absolute Gasteiger partial charge is 0.311 e. The summed E-state index contributed by atoms with van der Waals surface area (Å²) in [6.45, 7) is 11.5. The first-order valence-corrected chi connectivity index (χ1v) is 12.8. The van der Waals surface area contributed by atoms with Crippen LogP contribution in [0.4, 0.5) is 0 Å². The van der Waals surface area contributed by atoms with Crippen LogP contribution in [0.3, 0.4) is 0 Å². The number of esters is 2. The van der Waals surface area contributed by atoms with Gasteiger partial charge in [0.1, 0.15) is 37.6 Å². The fourth-order valence-electron chi connectivity index (χ4n) is 3.76. The van der Waals surface area contributed by atoms with Gasteiger partial charge in [-0.3, -0.25) is 9.59 Å². The summed E-state index contributed by atoms with van der Waals surface area (Å²) in [4.78, 5) is 25.0. The lowest BCUT2D eigenvalue weighted by Crippen LogP contribution is -2.41. The Labute approximate surface area is 220 Å². The summed E-state index contributed by atoms with van der Waals surface area (Å²) in [5, 5.41) is 0. The fraction of sp³-hybridized carbons (Fsp3) is 0.533. The monoisotopic (exact) mass is 512 g/mol. The Morgan fingerprint density at radius 2 is 1.00 bits per heavy atom. The number of hydrogen-bond donors (Lipinski definition) is 0. The minimum Gasteiger partial charge on any atom is -0.462 e. The lowest BCUT2D eigenvalue weighted by Gasteiger charge is -2.26. The van der Waals surface area contributed by atoms with E-state index in [2.05, 4.69) is 0 Å². The van der Waals surface area contributed by atoms with Crippen LogP contribution in [0.1, 0.15) is 52.7 Å². The molecule has 0 aromatic heterocycles.